The SMILES string of the molecule is C1=COSC=[NH+]1. The standard InChI is InChI=1S/C3H3NOS/c1-2-5-6-3-4-1/h1-3H/p+1. The summed E-state index contributed by atoms with van der Waals surface area (Å²) in [6, 6.07) is 0. The van der Waals surface area contributed by atoms with Crippen LogP contribution >= 0.6 is 12.0 Å². The van der Waals surface area contributed by atoms with Crippen molar-refractivity contribution in [3.05, 3.63) is 12.5 Å². The van der Waals surface area contributed by atoms with Gasteiger partial charge in [-0.25, -0.2) is 4.99 Å². The predicted molar refractivity (Wildman–Crippen MR) is 24.8 cm³/mol. The summed E-state index contributed by atoms with van der Waals surface area (Å²) in [5, 5.41) is 0. The summed E-state index contributed by atoms with van der Waals surface area (Å²) in [5.41, 5.74) is 1.75. The summed E-state index contributed by atoms with van der Waals surface area (Å²) >= 11 is 1.27. The lowest BCUT2D eigenvalue weighted by Crippen LogP contribution is -2.61. The largest absolute Gasteiger partial charge is 0.417 e. The molecule has 2 nitrogen and oxygen atoms in total. The summed E-state index contributed by atoms with van der Waals surface area (Å²) < 4.78 is 4.69. The molecule has 1 N–H and O–H groups in total. The number of hydrogen-bond acceptors (Lipinski definition) is 2. The highest BCUT2D eigenvalue weighted by Gasteiger charge is 1.86. The van der Waals surface area contributed by atoms with Crippen molar-refractivity contribution in [3.63, 3.8) is 0 Å². The lowest BCUT2D eigenvalue weighted by Gasteiger charge is -1.85. The minimum Gasteiger partial charge on any atom is -0.417 e. The molecule has 0 fully saturated rings. The molecule has 0 aromatic rings. The van der Waals surface area contributed by atoms with Crippen LogP contribution in [-0.2, 0) is 4.18 Å². The lowest BCUT2D eigenvalue weighted by atomic mass is 11.0. The van der Waals surface area contributed by atoms with Gasteiger partial charge in [0.1, 0.15) is 0 Å². The van der Waals surface area contributed by atoms with E-state index in [9.17, 15) is 0 Å². The second-order valence-corrected chi connectivity index (χ2v) is 1.40. The first-order chi connectivity index (χ1) is 3.00. The summed E-state index contributed by atoms with van der Waals surface area (Å²) in [6.45, 7) is 0. The summed E-state index contributed by atoms with van der Waals surface area (Å²) in [4.78, 5) is 2.82. The van der Waals surface area contributed by atoms with E-state index in [0.717, 1.165) is 0 Å². The van der Waals surface area contributed by atoms with Gasteiger partial charge in [0.2, 0.25) is 11.7 Å². The fraction of sp³-hybridized carbons (Fsp3) is 0. The van der Waals surface area contributed by atoms with E-state index in [4.69, 9.17) is 0 Å². The van der Waals surface area contributed by atoms with Gasteiger partial charge >= 0.3 is 0 Å². The molecule has 3 heteroatoms. The van der Waals surface area contributed by atoms with Crippen LogP contribution in [0.2, 0.25) is 0 Å². The van der Waals surface area contributed by atoms with Crippen LogP contribution in [0.4, 0.5) is 0 Å². The first-order valence-electron chi connectivity index (χ1n) is 1.55. The van der Waals surface area contributed by atoms with E-state index in [-0.39, 0.29) is 0 Å². The average Bonchev–Trinajstić information content (AvgIpc) is 1.72. The average molecular weight is 102 g/mol. The van der Waals surface area contributed by atoms with E-state index in [1.807, 2.05) is 0 Å². The van der Waals surface area contributed by atoms with Crippen molar-refractivity contribution in [2.75, 3.05) is 0 Å². The monoisotopic (exact) mass is 102 g/mol. The Labute approximate surface area is 40.1 Å². The maximum absolute atomic E-state index is 4.69. The molecule has 1 aliphatic heterocycles. The Morgan fingerprint density at radius 2 is 2.67 bits per heavy atom. The lowest BCUT2D eigenvalue weighted by molar-refractivity contribution is -0.366. The molecule has 0 radical (unpaired) electrons. The topological polar surface area (TPSA) is 23.2 Å². The van der Waals surface area contributed by atoms with E-state index in [2.05, 4.69) is 9.18 Å². The Morgan fingerprint density at radius 3 is 2.83 bits per heavy atom. The predicted octanol–water partition coefficient (Wildman–Crippen LogP) is -0.755. The molecule has 0 aliphatic carbocycles. The van der Waals surface area contributed by atoms with Gasteiger partial charge in [-0.3, -0.25) is 0 Å². The summed E-state index contributed by atoms with van der Waals surface area (Å²) in [5.74, 6) is 0. The highest BCUT2D eigenvalue weighted by molar-refractivity contribution is 8.07. The van der Waals surface area contributed by atoms with Gasteiger partial charge in [0.25, 0.3) is 0 Å². The van der Waals surface area contributed by atoms with Crippen LogP contribution in [0.15, 0.2) is 12.5 Å². The van der Waals surface area contributed by atoms with Gasteiger partial charge in [-0.15, -0.1) is 0 Å². The molecule has 0 saturated carbocycles. The molecule has 6 heavy (non-hydrogen) atoms. The van der Waals surface area contributed by atoms with Crippen LogP contribution in [0.25, 0.3) is 0 Å². The fourth-order valence-electron chi connectivity index (χ4n) is 0.194. The molecule has 0 amide bonds. The van der Waals surface area contributed by atoms with E-state index in [1.165, 1.54) is 12.0 Å². The van der Waals surface area contributed by atoms with Gasteiger partial charge in [-0.1, -0.05) is 0 Å². The Morgan fingerprint density at radius 1 is 1.67 bits per heavy atom. The highest BCUT2D eigenvalue weighted by atomic mass is 32.2. The third kappa shape index (κ3) is 0.755. The molecular weight excluding hydrogens is 98.1 g/mol. The van der Waals surface area contributed by atoms with Gasteiger partial charge in [-0.2, -0.15) is 0 Å². The van der Waals surface area contributed by atoms with Crippen molar-refractivity contribution in [3.8, 4) is 0 Å². The molecular formula is C3H4NOS+. The number of hydrogen-bond donors (Lipinski definition) is 1. The maximum atomic E-state index is 4.69. The van der Waals surface area contributed by atoms with E-state index in [0.29, 0.717) is 0 Å². The Hall–Kier alpha value is -0.440. The molecule has 0 aromatic heterocycles. The van der Waals surface area contributed by atoms with Crippen molar-refractivity contribution in [2.24, 2.45) is 0 Å². The first-order valence-corrected chi connectivity index (χ1v) is 2.35. The van der Waals surface area contributed by atoms with Gasteiger partial charge in [0, 0.05) is 0 Å². The smallest absolute Gasteiger partial charge is 0.241 e. The van der Waals surface area contributed by atoms with Crippen molar-refractivity contribution in [2.45, 2.75) is 0 Å². The van der Waals surface area contributed by atoms with E-state index < -0.39 is 0 Å². The first kappa shape index (κ1) is 3.74. The molecule has 0 atom stereocenters. The minimum absolute atomic E-state index is 1.27. The molecule has 1 rings (SSSR count). The van der Waals surface area contributed by atoms with Crippen molar-refractivity contribution >= 4 is 17.6 Å². The zero-order valence-corrected chi connectivity index (χ0v) is 3.87. The molecule has 0 bridgehead atoms. The Kier molecular flexibility index (Phi) is 1.17. The Balaban J connectivity index is 2.46. The number of nitrogens with one attached hydrogen (secondary N) is 1. The third-order valence-corrected chi connectivity index (χ3v) is 0.846. The van der Waals surface area contributed by atoms with Crippen LogP contribution in [0.3, 0.4) is 0 Å². The van der Waals surface area contributed by atoms with Crippen LogP contribution in [0.1, 0.15) is 0 Å². The Bertz CT molecular complexity index is 76.8. The molecule has 0 aromatic carbocycles. The zero-order chi connectivity index (χ0) is 4.24. The van der Waals surface area contributed by atoms with Gasteiger partial charge < -0.3 is 4.18 Å². The fourth-order valence-corrected chi connectivity index (χ4v) is 0.503. The molecule has 32 valence electrons. The third-order valence-electron chi connectivity index (χ3n) is 0.392. The van der Waals surface area contributed by atoms with Crippen LogP contribution in [0, 0.1) is 0 Å². The second-order valence-electron chi connectivity index (χ2n) is 0.780. The molecule has 1 heterocycles. The van der Waals surface area contributed by atoms with E-state index in [1.54, 1.807) is 18.0 Å². The van der Waals surface area contributed by atoms with Crippen LogP contribution < -0.4 is 4.99 Å². The molecule has 0 spiro atoms. The zero-order valence-electron chi connectivity index (χ0n) is 3.05. The van der Waals surface area contributed by atoms with Crippen LogP contribution in [-0.4, -0.2) is 5.55 Å². The van der Waals surface area contributed by atoms with Gasteiger partial charge in [-0.05, 0) is 0 Å². The number of rotatable bonds is 0. The minimum atomic E-state index is 1.27. The molecule has 0 unspecified atom stereocenters. The van der Waals surface area contributed by atoms with Crippen molar-refractivity contribution in [1.82, 2.24) is 0 Å². The summed E-state index contributed by atoms with van der Waals surface area (Å²) in [7, 11) is 0. The van der Waals surface area contributed by atoms with Crippen LogP contribution in [0.5, 0.6) is 0 Å². The molecule has 0 saturated heterocycles. The maximum Gasteiger partial charge on any atom is 0.241 e. The highest BCUT2D eigenvalue weighted by Crippen LogP contribution is 1.94. The summed E-state index contributed by atoms with van der Waals surface area (Å²) in [6.07, 6.45) is 3.31. The normalized spacial score (nSPS) is 17.3. The quantitative estimate of drug-likeness (QED) is 0.406. The van der Waals surface area contributed by atoms with Crippen molar-refractivity contribution in [1.29, 1.82) is 0 Å². The van der Waals surface area contributed by atoms with Gasteiger partial charge in [0.15, 0.2) is 18.3 Å². The van der Waals surface area contributed by atoms with Crippen molar-refractivity contribution < 1.29 is 9.18 Å². The second kappa shape index (κ2) is 1.87. The van der Waals surface area contributed by atoms with Gasteiger partial charge in [0.05, 0.1) is 0 Å². The van der Waals surface area contributed by atoms with E-state index >= 15 is 0 Å². The molecule has 1 aliphatic rings.